The lowest BCUT2D eigenvalue weighted by Gasteiger charge is -2.30. The fraction of sp³-hybridized carbons (Fsp3) is 0.857. The second-order valence-electron chi connectivity index (χ2n) is 2.60. The molecule has 0 radical (unpaired) electrons. The fourth-order valence-electron chi connectivity index (χ4n) is 1.08. The molecule has 0 aromatic heterocycles. The van der Waals surface area contributed by atoms with Gasteiger partial charge in [0, 0.05) is 42.3 Å². The second-order valence-corrected chi connectivity index (χ2v) is 3.60. The fourth-order valence-corrected chi connectivity index (χ4v) is 1.40. The van der Waals surface area contributed by atoms with Gasteiger partial charge in [-0.1, -0.05) is 0 Å². The highest BCUT2D eigenvalue weighted by Crippen LogP contribution is 2.06. The Bertz CT molecular complexity index is 157. The van der Waals surface area contributed by atoms with E-state index < -0.39 is 0 Å². The minimum atomic E-state index is -0.196. The molecule has 0 atom stereocenters. The normalized spacial score (nSPS) is 19.3. The highest BCUT2D eigenvalue weighted by molar-refractivity contribution is 9.07. The first kappa shape index (κ1) is 9.80. The molecule has 1 amide bonds. The predicted molar refractivity (Wildman–Crippen MR) is 49.1 cm³/mol. The van der Waals surface area contributed by atoms with Crippen molar-refractivity contribution in [2.75, 3.05) is 32.8 Å². The maximum absolute atomic E-state index is 11.2. The monoisotopic (exact) mass is 236 g/mol. The molecule has 4 nitrogen and oxygen atoms in total. The molecule has 1 heterocycles. The van der Waals surface area contributed by atoms with E-state index in [1.165, 1.54) is 0 Å². The van der Waals surface area contributed by atoms with E-state index in [2.05, 4.69) is 16.1 Å². The molecule has 0 aromatic carbocycles. The van der Waals surface area contributed by atoms with Crippen LogP contribution in [0.1, 0.15) is 6.92 Å². The Balaban J connectivity index is 2.29. The maximum atomic E-state index is 11.2. The van der Waals surface area contributed by atoms with E-state index in [9.17, 15) is 4.79 Å². The highest BCUT2D eigenvalue weighted by Gasteiger charge is 2.19. The van der Waals surface area contributed by atoms with Gasteiger partial charge in [0.05, 0.1) is 6.61 Å². The number of nitrogens with zero attached hydrogens (tertiary/aromatic N) is 2. The zero-order valence-electron chi connectivity index (χ0n) is 7.12. The van der Waals surface area contributed by atoms with E-state index in [1.54, 1.807) is 4.90 Å². The molecular formula is C7H13BrN2O2. The van der Waals surface area contributed by atoms with E-state index in [0.717, 1.165) is 26.2 Å². The second kappa shape index (κ2) is 4.67. The summed E-state index contributed by atoms with van der Waals surface area (Å²) < 4.78 is 6.89. The van der Waals surface area contributed by atoms with Gasteiger partial charge in [0.1, 0.15) is 0 Å². The molecule has 1 aliphatic rings. The quantitative estimate of drug-likeness (QED) is 0.639. The first-order chi connectivity index (χ1) is 5.74. The Hall–Kier alpha value is -0.290. The van der Waals surface area contributed by atoms with Crippen LogP contribution >= 0.6 is 16.1 Å². The Kier molecular flexibility index (Phi) is 3.81. The molecule has 1 saturated heterocycles. The smallest absolute Gasteiger partial charge is 0.409 e. The van der Waals surface area contributed by atoms with Crippen LogP contribution in [0.4, 0.5) is 4.79 Å². The third kappa shape index (κ3) is 2.64. The van der Waals surface area contributed by atoms with Crippen molar-refractivity contribution in [3.8, 4) is 0 Å². The average Bonchev–Trinajstić information content (AvgIpc) is 2.06. The van der Waals surface area contributed by atoms with Crippen molar-refractivity contribution < 1.29 is 9.53 Å². The standard InChI is InChI=1S/C7H13BrN2O2/c1-2-12-7(11)9-3-5-10(8)6-4-9/h2-6H2,1H3. The summed E-state index contributed by atoms with van der Waals surface area (Å²) in [6, 6.07) is 0. The summed E-state index contributed by atoms with van der Waals surface area (Å²) >= 11 is 3.36. The SMILES string of the molecule is CCOC(=O)N1CCN(Br)CC1. The van der Waals surface area contributed by atoms with Crippen LogP contribution in [0, 0.1) is 0 Å². The summed E-state index contributed by atoms with van der Waals surface area (Å²) in [5.41, 5.74) is 0. The summed E-state index contributed by atoms with van der Waals surface area (Å²) in [7, 11) is 0. The van der Waals surface area contributed by atoms with E-state index in [-0.39, 0.29) is 6.09 Å². The first-order valence-electron chi connectivity index (χ1n) is 4.06. The number of halogens is 1. The lowest BCUT2D eigenvalue weighted by Crippen LogP contribution is -2.45. The largest absolute Gasteiger partial charge is 0.450 e. The van der Waals surface area contributed by atoms with Crippen LogP contribution in [0.15, 0.2) is 0 Å². The van der Waals surface area contributed by atoms with E-state index in [1.807, 2.05) is 10.8 Å². The van der Waals surface area contributed by atoms with Gasteiger partial charge in [-0.2, -0.15) is 0 Å². The van der Waals surface area contributed by atoms with Crippen molar-refractivity contribution in [1.82, 2.24) is 8.83 Å². The lowest BCUT2D eigenvalue weighted by molar-refractivity contribution is 0.0955. The summed E-state index contributed by atoms with van der Waals surface area (Å²) in [5, 5.41) is 0. The van der Waals surface area contributed by atoms with Crippen LogP contribution in [0.5, 0.6) is 0 Å². The summed E-state index contributed by atoms with van der Waals surface area (Å²) in [4.78, 5) is 12.9. The number of hydrogen-bond donors (Lipinski definition) is 0. The maximum Gasteiger partial charge on any atom is 0.409 e. The number of hydrogen-bond acceptors (Lipinski definition) is 3. The van der Waals surface area contributed by atoms with E-state index in [4.69, 9.17) is 4.74 Å². The number of ether oxygens (including phenoxy) is 1. The third-order valence-corrected chi connectivity index (χ3v) is 2.46. The number of amides is 1. The molecule has 12 heavy (non-hydrogen) atoms. The molecular weight excluding hydrogens is 224 g/mol. The predicted octanol–water partition coefficient (Wildman–Crippen LogP) is 1.07. The van der Waals surface area contributed by atoms with E-state index >= 15 is 0 Å². The number of carbonyl (C=O) groups is 1. The van der Waals surface area contributed by atoms with Gasteiger partial charge in [0.2, 0.25) is 0 Å². The molecule has 0 aromatic rings. The minimum absolute atomic E-state index is 0.196. The minimum Gasteiger partial charge on any atom is -0.450 e. The zero-order chi connectivity index (χ0) is 8.97. The summed E-state index contributed by atoms with van der Waals surface area (Å²) in [6.07, 6.45) is -0.196. The van der Waals surface area contributed by atoms with Gasteiger partial charge in [-0.25, -0.2) is 8.72 Å². The van der Waals surface area contributed by atoms with Gasteiger partial charge in [0.15, 0.2) is 0 Å². The van der Waals surface area contributed by atoms with Crippen LogP contribution in [0.2, 0.25) is 0 Å². The molecule has 0 aliphatic carbocycles. The van der Waals surface area contributed by atoms with Crippen LogP contribution in [0.3, 0.4) is 0 Å². The molecule has 0 bridgehead atoms. The molecule has 0 N–H and O–H groups in total. The van der Waals surface area contributed by atoms with Crippen molar-refractivity contribution in [1.29, 1.82) is 0 Å². The van der Waals surface area contributed by atoms with Crippen LogP contribution in [-0.4, -0.2) is 47.7 Å². The van der Waals surface area contributed by atoms with Crippen LogP contribution in [-0.2, 0) is 4.74 Å². The molecule has 0 spiro atoms. The van der Waals surface area contributed by atoms with Crippen molar-refractivity contribution in [3.63, 3.8) is 0 Å². The average molecular weight is 237 g/mol. The zero-order valence-corrected chi connectivity index (χ0v) is 8.71. The molecule has 70 valence electrons. The Morgan fingerprint density at radius 2 is 2.00 bits per heavy atom. The molecule has 1 rings (SSSR count). The molecule has 0 unspecified atom stereocenters. The summed E-state index contributed by atoms with van der Waals surface area (Å²) in [5.74, 6) is 0. The Labute approximate surface area is 80.8 Å². The third-order valence-electron chi connectivity index (χ3n) is 1.75. The van der Waals surface area contributed by atoms with Crippen LogP contribution in [0.25, 0.3) is 0 Å². The number of rotatable bonds is 1. The molecule has 0 saturated carbocycles. The summed E-state index contributed by atoms with van der Waals surface area (Å²) in [6.45, 7) is 5.47. The van der Waals surface area contributed by atoms with E-state index in [0.29, 0.717) is 6.61 Å². The van der Waals surface area contributed by atoms with Gasteiger partial charge in [-0.3, -0.25) is 0 Å². The van der Waals surface area contributed by atoms with Gasteiger partial charge in [-0.05, 0) is 6.92 Å². The van der Waals surface area contributed by atoms with Gasteiger partial charge < -0.3 is 9.64 Å². The molecule has 1 aliphatic heterocycles. The Morgan fingerprint density at radius 1 is 1.42 bits per heavy atom. The van der Waals surface area contributed by atoms with Crippen molar-refractivity contribution in [2.24, 2.45) is 0 Å². The number of carbonyl (C=O) groups excluding carboxylic acids is 1. The van der Waals surface area contributed by atoms with Crippen LogP contribution < -0.4 is 0 Å². The van der Waals surface area contributed by atoms with Crippen molar-refractivity contribution in [2.45, 2.75) is 6.92 Å². The molecule has 5 heteroatoms. The first-order valence-corrected chi connectivity index (χ1v) is 4.77. The number of piperazine rings is 1. The topological polar surface area (TPSA) is 32.8 Å². The molecule has 1 fully saturated rings. The highest BCUT2D eigenvalue weighted by atomic mass is 79.9. The Morgan fingerprint density at radius 3 is 2.50 bits per heavy atom. The van der Waals surface area contributed by atoms with Gasteiger partial charge in [0.25, 0.3) is 0 Å². The lowest BCUT2D eigenvalue weighted by atomic mass is 10.4. The van der Waals surface area contributed by atoms with Gasteiger partial charge >= 0.3 is 6.09 Å². The van der Waals surface area contributed by atoms with Crippen molar-refractivity contribution in [3.05, 3.63) is 0 Å². The van der Waals surface area contributed by atoms with Crippen molar-refractivity contribution >= 4 is 22.2 Å². The van der Waals surface area contributed by atoms with Gasteiger partial charge in [-0.15, -0.1) is 0 Å².